The van der Waals surface area contributed by atoms with Gasteiger partial charge in [0.25, 0.3) is 0 Å². The number of amides is 1. The Morgan fingerprint density at radius 2 is 1.93 bits per heavy atom. The summed E-state index contributed by atoms with van der Waals surface area (Å²) in [5, 5.41) is 3.82. The van der Waals surface area contributed by atoms with Gasteiger partial charge in [-0.2, -0.15) is 0 Å². The van der Waals surface area contributed by atoms with Crippen molar-refractivity contribution < 1.29 is 4.79 Å². The summed E-state index contributed by atoms with van der Waals surface area (Å²) in [4.78, 5) is 14.9. The third-order valence-electron chi connectivity index (χ3n) is 8.58. The minimum Gasteiger partial charge on any atom is -0.315 e. The SMILES string of the molecule is CN(C(=O)CC1CCCCC1)c1ccc2c(c1)[C@@]13CCCC[C@H]1[C@@H](C2)NCC3. The molecule has 3 fully saturated rings. The van der Waals surface area contributed by atoms with Gasteiger partial charge in [-0.05, 0) is 80.2 Å². The molecule has 1 N–H and O–H groups in total. The second-order valence-electron chi connectivity index (χ2n) is 10.0. The van der Waals surface area contributed by atoms with Crippen molar-refractivity contribution in [3.8, 4) is 0 Å². The lowest BCUT2D eigenvalue weighted by molar-refractivity contribution is -0.119. The van der Waals surface area contributed by atoms with E-state index in [-0.39, 0.29) is 0 Å². The Bertz CT molecular complexity index is 734. The Balaban J connectivity index is 1.41. The van der Waals surface area contributed by atoms with Crippen molar-refractivity contribution in [3.05, 3.63) is 29.3 Å². The first kappa shape index (κ1) is 18.7. The van der Waals surface area contributed by atoms with E-state index in [2.05, 4.69) is 23.5 Å². The van der Waals surface area contributed by atoms with Crippen molar-refractivity contribution in [2.75, 3.05) is 18.5 Å². The van der Waals surface area contributed by atoms with E-state index in [1.165, 1.54) is 76.2 Å². The Morgan fingerprint density at radius 1 is 1.11 bits per heavy atom. The van der Waals surface area contributed by atoms with Crippen LogP contribution in [0.5, 0.6) is 0 Å². The highest BCUT2D eigenvalue weighted by molar-refractivity contribution is 5.93. The first-order valence-corrected chi connectivity index (χ1v) is 11.8. The van der Waals surface area contributed by atoms with Crippen LogP contribution in [0.4, 0.5) is 5.69 Å². The fourth-order valence-electron chi connectivity index (χ4n) is 7.04. The molecule has 3 heteroatoms. The maximum Gasteiger partial charge on any atom is 0.226 e. The molecule has 5 rings (SSSR count). The fraction of sp³-hybridized carbons (Fsp3) is 0.720. The van der Waals surface area contributed by atoms with E-state index in [0.29, 0.717) is 23.3 Å². The van der Waals surface area contributed by atoms with Crippen LogP contribution in [0.15, 0.2) is 18.2 Å². The maximum absolute atomic E-state index is 13.0. The Labute approximate surface area is 170 Å². The van der Waals surface area contributed by atoms with Crippen molar-refractivity contribution in [1.29, 1.82) is 0 Å². The molecular weight excluding hydrogens is 344 g/mol. The zero-order valence-corrected chi connectivity index (χ0v) is 17.5. The van der Waals surface area contributed by atoms with E-state index in [9.17, 15) is 4.79 Å². The molecule has 1 saturated heterocycles. The van der Waals surface area contributed by atoms with E-state index in [4.69, 9.17) is 0 Å². The highest BCUT2D eigenvalue weighted by Gasteiger charge is 2.51. The van der Waals surface area contributed by atoms with Gasteiger partial charge < -0.3 is 10.2 Å². The molecule has 0 spiro atoms. The predicted octanol–water partition coefficient (Wildman–Crippen LogP) is 4.97. The fourth-order valence-corrected chi connectivity index (χ4v) is 7.04. The molecule has 3 aliphatic carbocycles. The second kappa shape index (κ2) is 7.48. The number of fused-ring (bicyclic) bond motifs is 1. The molecule has 2 saturated carbocycles. The van der Waals surface area contributed by atoms with Crippen molar-refractivity contribution in [1.82, 2.24) is 5.32 Å². The second-order valence-corrected chi connectivity index (χ2v) is 10.0. The summed E-state index contributed by atoms with van der Waals surface area (Å²) in [6.07, 6.45) is 15.1. The molecule has 0 unspecified atom stereocenters. The van der Waals surface area contributed by atoms with Crippen molar-refractivity contribution in [3.63, 3.8) is 0 Å². The summed E-state index contributed by atoms with van der Waals surface area (Å²) in [6.45, 7) is 1.15. The van der Waals surface area contributed by atoms with E-state index in [1.807, 2.05) is 11.9 Å². The van der Waals surface area contributed by atoms with Gasteiger partial charge in [0.1, 0.15) is 0 Å². The van der Waals surface area contributed by atoms with Gasteiger partial charge in [-0.3, -0.25) is 4.79 Å². The molecule has 2 bridgehead atoms. The van der Waals surface area contributed by atoms with Crippen LogP contribution in [0, 0.1) is 11.8 Å². The summed E-state index contributed by atoms with van der Waals surface area (Å²) >= 11 is 0. The molecule has 152 valence electrons. The minimum atomic E-state index is 0.309. The monoisotopic (exact) mass is 380 g/mol. The van der Waals surface area contributed by atoms with Crippen LogP contribution in [0.2, 0.25) is 0 Å². The molecule has 3 atom stereocenters. The number of hydrogen-bond donors (Lipinski definition) is 1. The summed E-state index contributed by atoms with van der Waals surface area (Å²) < 4.78 is 0. The third kappa shape index (κ3) is 3.10. The number of anilines is 1. The zero-order chi connectivity index (χ0) is 19.1. The van der Waals surface area contributed by atoms with Gasteiger partial charge in [-0.15, -0.1) is 0 Å². The van der Waals surface area contributed by atoms with E-state index in [0.717, 1.165) is 24.6 Å². The molecular formula is C25H36N2O. The van der Waals surface area contributed by atoms with Crippen LogP contribution in [0.3, 0.4) is 0 Å². The number of rotatable bonds is 3. The van der Waals surface area contributed by atoms with E-state index >= 15 is 0 Å². The minimum absolute atomic E-state index is 0.309. The van der Waals surface area contributed by atoms with Crippen molar-refractivity contribution in [2.24, 2.45) is 11.8 Å². The summed E-state index contributed by atoms with van der Waals surface area (Å²) in [6, 6.07) is 7.61. The molecule has 0 aromatic heterocycles. The number of carbonyl (C=O) groups excluding carboxylic acids is 1. The van der Waals surface area contributed by atoms with Crippen LogP contribution in [-0.2, 0) is 16.6 Å². The zero-order valence-electron chi connectivity index (χ0n) is 17.5. The number of piperidine rings is 1. The predicted molar refractivity (Wildman–Crippen MR) is 115 cm³/mol. The quantitative estimate of drug-likeness (QED) is 0.803. The molecule has 28 heavy (non-hydrogen) atoms. The van der Waals surface area contributed by atoms with Crippen molar-refractivity contribution >= 4 is 11.6 Å². The molecule has 1 aromatic rings. The molecule has 4 aliphatic rings. The number of benzene rings is 1. The molecule has 1 aliphatic heterocycles. The number of carbonyl (C=O) groups is 1. The normalized spacial score (nSPS) is 32.3. The highest BCUT2D eigenvalue weighted by Crippen LogP contribution is 2.54. The molecule has 0 radical (unpaired) electrons. The Kier molecular flexibility index (Phi) is 4.99. The maximum atomic E-state index is 13.0. The smallest absolute Gasteiger partial charge is 0.226 e. The number of nitrogens with zero attached hydrogens (tertiary/aromatic N) is 1. The standard InChI is InChI=1S/C25H36N2O/c1-27(24(28)15-18-7-3-2-4-8-18)20-11-10-19-16-23-21-9-5-6-12-25(21,13-14-26-23)22(19)17-20/h10-11,17-18,21,23,26H,2-9,12-16H2,1H3/t21-,23+,25+/m0/s1. The van der Waals surface area contributed by atoms with Crippen LogP contribution >= 0.6 is 0 Å². The van der Waals surface area contributed by atoms with Gasteiger partial charge in [-0.1, -0.05) is 38.2 Å². The molecule has 1 amide bonds. The largest absolute Gasteiger partial charge is 0.315 e. The summed E-state index contributed by atoms with van der Waals surface area (Å²) in [7, 11) is 2.00. The number of hydrogen-bond acceptors (Lipinski definition) is 2. The van der Waals surface area contributed by atoms with E-state index in [1.54, 1.807) is 5.56 Å². The van der Waals surface area contributed by atoms with Crippen LogP contribution in [0.25, 0.3) is 0 Å². The van der Waals surface area contributed by atoms with Gasteiger partial charge >= 0.3 is 0 Å². The average molecular weight is 381 g/mol. The first-order chi connectivity index (χ1) is 13.7. The topological polar surface area (TPSA) is 32.3 Å². The lowest BCUT2D eigenvalue weighted by Crippen LogP contribution is -2.59. The van der Waals surface area contributed by atoms with E-state index < -0.39 is 0 Å². The summed E-state index contributed by atoms with van der Waals surface area (Å²) in [5.74, 6) is 1.71. The molecule has 1 heterocycles. The molecule has 1 aromatic carbocycles. The Hall–Kier alpha value is -1.35. The highest BCUT2D eigenvalue weighted by atomic mass is 16.2. The van der Waals surface area contributed by atoms with Crippen LogP contribution in [-0.4, -0.2) is 25.5 Å². The number of nitrogens with one attached hydrogen (secondary N) is 1. The van der Waals surface area contributed by atoms with Crippen LogP contribution in [0.1, 0.15) is 81.8 Å². The lowest BCUT2D eigenvalue weighted by Gasteiger charge is -2.56. The Morgan fingerprint density at radius 3 is 2.79 bits per heavy atom. The van der Waals surface area contributed by atoms with Gasteiger partial charge in [0, 0.05) is 30.6 Å². The lowest BCUT2D eigenvalue weighted by atomic mass is 9.53. The van der Waals surface area contributed by atoms with Crippen LogP contribution < -0.4 is 10.2 Å². The van der Waals surface area contributed by atoms with Gasteiger partial charge in [-0.25, -0.2) is 0 Å². The first-order valence-electron chi connectivity index (χ1n) is 11.8. The van der Waals surface area contributed by atoms with Gasteiger partial charge in [0.05, 0.1) is 0 Å². The average Bonchev–Trinajstić information content (AvgIpc) is 2.73. The molecule has 3 nitrogen and oxygen atoms in total. The van der Waals surface area contributed by atoms with Crippen molar-refractivity contribution in [2.45, 2.75) is 88.5 Å². The van der Waals surface area contributed by atoms with Gasteiger partial charge in [0.2, 0.25) is 5.91 Å². The summed E-state index contributed by atoms with van der Waals surface area (Å²) in [5.41, 5.74) is 4.61. The third-order valence-corrected chi connectivity index (χ3v) is 8.58. The van der Waals surface area contributed by atoms with Gasteiger partial charge in [0.15, 0.2) is 0 Å².